The lowest BCUT2D eigenvalue weighted by atomic mass is 10.1. The molecule has 3 aromatic carbocycles. The van der Waals surface area contributed by atoms with Crippen molar-refractivity contribution >= 4 is 32.9 Å². The van der Waals surface area contributed by atoms with Gasteiger partial charge in [-0.25, -0.2) is 18.4 Å². The average Bonchev–Trinajstić information content (AvgIpc) is 3.60. The highest BCUT2D eigenvalue weighted by Gasteiger charge is 2.21. The van der Waals surface area contributed by atoms with Crippen molar-refractivity contribution in [1.82, 2.24) is 19.1 Å². The standard InChI is InChI=1S/C31H26N4O3S2/c1-20(2)40(36,37)25-15-11-23(12-16-25)28-18-32-31-30(33-28)26(19-35(31)39-24-13-9-21(3)10-14-24)29-17-27(34-38-29)22-7-5-4-6-8-22/h4-20H,1-3H3. The summed E-state index contributed by atoms with van der Waals surface area (Å²) in [5.41, 5.74) is 6.37. The van der Waals surface area contributed by atoms with Crippen molar-refractivity contribution in [2.75, 3.05) is 0 Å². The molecule has 0 radical (unpaired) electrons. The van der Waals surface area contributed by atoms with E-state index in [1.54, 1.807) is 44.3 Å². The van der Waals surface area contributed by atoms with Crippen molar-refractivity contribution in [3.63, 3.8) is 0 Å². The lowest BCUT2D eigenvalue weighted by Gasteiger charge is -2.09. The van der Waals surface area contributed by atoms with E-state index in [9.17, 15) is 8.42 Å². The average molecular weight is 567 g/mol. The predicted molar refractivity (Wildman–Crippen MR) is 159 cm³/mol. The third-order valence-corrected chi connectivity index (χ3v) is 9.76. The molecule has 6 aromatic rings. The van der Waals surface area contributed by atoms with Gasteiger partial charge in [0.2, 0.25) is 0 Å². The van der Waals surface area contributed by atoms with Crippen LogP contribution in [0.3, 0.4) is 0 Å². The number of aryl methyl sites for hydroxylation is 1. The largest absolute Gasteiger partial charge is 0.356 e. The van der Waals surface area contributed by atoms with Gasteiger partial charge in [0, 0.05) is 28.3 Å². The maximum atomic E-state index is 12.6. The van der Waals surface area contributed by atoms with Crippen LogP contribution in [0.15, 0.2) is 112 Å². The van der Waals surface area contributed by atoms with Crippen molar-refractivity contribution in [3.05, 3.63) is 103 Å². The molecule has 0 aliphatic carbocycles. The molecular weight excluding hydrogens is 541 g/mol. The zero-order valence-electron chi connectivity index (χ0n) is 22.1. The maximum Gasteiger partial charge on any atom is 0.180 e. The highest BCUT2D eigenvalue weighted by molar-refractivity contribution is 7.98. The third kappa shape index (κ3) is 4.94. The molecule has 0 N–H and O–H groups in total. The Morgan fingerprint density at radius 2 is 1.57 bits per heavy atom. The van der Waals surface area contributed by atoms with E-state index in [1.807, 2.05) is 46.6 Å². The molecule has 3 heterocycles. The molecule has 0 aliphatic heterocycles. The summed E-state index contributed by atoms with van der Waals surface area (Å²) in [6.07, 6.45) is 3.67. The molecule has 0 aliphatic rings. The quantitative estimate of drug-likeness (QED) is 0.198. The predicted octanol–water partition coefficient (Wildman–Crippen LogP) is 7.47. The van der Waals surface area contributed by atoms with Crippen LogP contribution < -0.4 is 0 Å². The zero-order valence-corrected chi connectivity index (χ0v) is 23.8. The Kier molecular flexibility index (Phi) is 6.77. The van der Waals surface area contributed by atoms with E-state index in [0.717, 1.165) is 27.3 Å². The van der Waals surface area contributed by atoms with Crippen LogP contribution >= 0.6 is 11.9 Å². The minimum Gasteiger partial charge on any atom is -0.356 e. The minimum atomic E-state index is -3.36. The Morgan fingerprint density at radius 1 is 0.875 bits per heavy atom. The molecule has 0 saturated heterocycles. The van der Waals surface area contributed by atoms with E-state index in [2.05, 4.69) is 36.3 Å². The van der Waals surface area contributed by atoms with Gasteiger partial charge in [0.05, 0.1) is 27.6 Å². The van der Waals surface area contributed by atoms with Gasteiger partial charge in [-0.15, -0.1) is 0 Å². The van der Waals surface area contributed by atoms with Crippen LogP contribution in [0.1, 0.15) is 19.4 Å². The van der Waals surface area contributed by atoms with Crippen molar-refractivity contribution in [3.8, 4) is 33.8 Å². The summed E-state index contributed by atoms with van der Waals surface area (Å²) in [5.74, 6) is 0.580. The second-order valence-electron chi connectivity index (χ2n) is 9.76. The molecule has 0 bridgehead atoms. The maximum absolute atomic E-state index is 12.6. The molecule has 0 amide bonds. The Bertz CT molecular complexity index is 1910. The van der Waals surface area contributed by atoms with Crippen molar-refractivity contribution in [2.45, 2.75) is 35.8 Å². The van der Waals surface area contributed by atoms with Crippen LogP contribution in [-0.4, -0.2) is 32.8 Å². The van der Waals surface area contributed by atoms with Gasteiger partial charge in [-0.05, 0) is 57.0 Å². The fourth-order valence-corrected chi connectivity index (χ4v) is 6.22. The monoisotopic (exact) mass is 566 g/mol. The lowest BCUT2D eigenvalue weighted by Crippen LogP contribution is -2.13. The van der Waals surface area contributed by atoms with Crippen molar-refractivity contribution < 1.29 is 12.9 Å². The normalized spacial score (nSPS) is 11.9. The summed E-state index contributed by atoms with van der Waals surface area (Å²) < 4.78 is 33.0. The Balaban J connectivity index is 1.45. The Morgan fingerprint density at radius 3 is 2.27 bits per heavy atom. The Hall–Kier alpha value is -4.21. The number of fused-ring (bicyclic) bond motifs is 1. The number of nitrogens with zero attached hydrogens (tertiary/aromatic N) is 4. The second-order valence-corrected chi connectivity index (χ2v) is 13.3. The van der Waals surface area contributed by atoms with E-state index < -0.39 is 15.1 Å². The van der Waals surface area contributed by atoms with Gasteiger partial charge < -0.3 is 4.52 Å². The first-order valence-corrected chi connectivity index (χ1v) is 15.1. The Labute approximate surface area is 237 Å². The molecule has 0 atom stereocenters. The molecule has 7 nitrogen and oxygen atoms in total. The van der Waals surface area contributed by atoms with E-state index in [4.69, 9.17) is 14.5 Å². The van der Waals surface area contributed by atoms with Gasteiger partial charge in [0.25, 0.3) is 0 Å². The van der Waals surface area contributed by atoms with Crippen LogP contribution in [0.4, 0.5) is 0 Å². The minimum absolute atomic E-state index is 0.289. The number of rotatable bonds is 7. The smallest absolute Gasteiger partial charge is 0.180 e. The number of hydrogen-bond donors (Lipinski definition) is 0. The fourth-order valence-electron chi connectivity index (χ4n) is 4.30. The summed E-state index contributed by atoms with van der Waals surface area (Å²) in [4.78, 5) is 11.1. The van der Waals surface area contributed by atoms with Gasteiger partial charge in [-0.2, -0.15) is 0 Å². The molecule has 40 heavy (non-hydrogen) atoms. The van der Waals surface area contributed by atoms with Gasteiger partial charge >= 0.3 is 0 Å². The highest BCUT2D eigenvalue weighted by atomic mass is 32.2. The molecular formula is C31H26N4O3S2. The first kappa shape index (κ1) is 26.0. The molecule has 3 aromatic heterocycles. The second kappa shape index (κ2) is 10.4. The van der Waals surface area contributed by atoms with Gasteiger partial charge in [0.1, 0.15) is 11.2 Å². The lowest BCUT2D eigenvalue weighted by molar-refractivity contribution is 0.435. The van der Waals surface area contributed by atoms with Crippen LogP contribution in [0.25, 0.3) is 45.0 Å². The van der Waals surface area contributed by atoms with Crippen molar-refractivity contribution in [2.24, 2.45) is 0 Å². The molecule has 200 valence electrons. The fraction of sp³-hybridized carbons (Fsp3) is 0.129. The van der Waals surface area contributed by atoms with E-state index >= 15 is 0 Å². The summed E-state index contributed by atoms with van der Waals surface area (Å²) in [6, 6.07) is 26.8. The number of aromatic nitrogens is 4. The third-order valence-electron chi connectivity index (χ3n) is 6.63. The SMILES string of the molecule is Cc1ccc(Sn2cc(-c3cc(-c4ccccc4)no3)c3nc(-c4ccc(S(=O)(=O)C(C)C)cc4)cnc32)cc1. The first-order valence-electron chi connectivity index (χ1n) is 12.8. The van der Waals surface area contributed by atoms with Crippen LogP contribution in [0.2, 0.25) is 0 Å². The molecule has 9 heteroatoms. The zero-order chi connectivity index (χ0) is 27.9. The first-order chi connectivity index (χ1) is 19.3. The van der Waals surface area contributed by atoms with Gasteiger partial charge in [0.15, 0.2) is 21.2 Å². The molecule has 0 spiro atoms. The van der Waals surface area contributed by atoms with Gasteiger partial charge in [-0.3, -0.25) is 3.97 Å². The van der Waals surface area contributed by atoms with E-state index in [1.165, 1.54) is 17.5 Å². The molecule has 0 fully saturated rings. The highest BCUT2D eigenvalue weighted by Crippen LogP contribution is 2.36. The summed E-state index contributed by atoms with van der Waals surface area (Å²) in [5, 5.41) is 3.81. The van der Waals surface area contributed by atoms with Gasteiger partial charge in [-0.1, -0.05) is 65.3 Å². The topological polar surface area (TPSA) is 90.9 Å². The van der Waals surface area contributed by atoms with Crippen LogP contribution in [-0.2, 0) is 9.84 Å². The number of hydrogen-bond acceptors (Lipinski definition) is 7. The summed E-state index contributed by atoms with van der Waals surface area (Å²) in [7, 11) is -3.36. The van der Waals surface area contributed by atoms with Crippen LogP contribution in [0, 0.1) is 6.92 Å². The summed E-state index contributed by atoms with van der Waals surface area (Å²) >= 11 is 1.54. The van der Waals surface area contributed by atoms with Crippen LogP contribution in [0.5, 0.6) is 0 Å². The van der Waals surface area contributed by atoms with E-state index in [-0.39, 0.29) is 4.90 Å². The van der Waals surface area contributed by atoms with Crippen molar-refractivity contribution in [1.29, 1.82) is 0 Å². The number of sulfone groups is 1. The summed E-state index contributed by atoms with van der Waals surface area (Å²) in [6.45, 7) is 5.41. The van der Waals surface area contributed by atoms with E-state index in [0.29, 0.717) is 22.6 Å². The molecule has 6 rings (SSSR count). The molecule has 0 saturated carbocycles. The number of benzene rings is 3. The molecule has 0 unspecified atom stereocenters.